The number of halogens is 2. The van der Waals surface area contributed by atoms with E-state index in [1.807, 2.05) is 6.92 Å². The van der Waals surface area contributed by atoms with Crippen LogP contribution in [0.5, 0.6) is 0 Å². The van der Waals surface area contributed by atoms with Crippen LogP contribution in [0.3, 0.4) is 0 Å². The highest BCUT2D eigenvalue weighted by Crippen LogP contribution is 2.39. The largest absolute Gasteiger partial charge is 0.468 e. The number of nitrogens with one attached hydrogen (secondary N) is 1. The maximum absolute atomic E-state index is 11.7. The first-order valence-electron chi connectivity index (χ1n) is 8.94. The van der Waals surface area contributed by atoms with E-state index in [1.54, 1.807) is 23.1 Å². The van der Waals surface area contributed by atoms with Crippen LogP contribution in [-0.2, 0) is 14.3 Å². The Balaban J connectivity index is 2.43. The first kappa shape index (κ1) is 24.2. The van der Waals surface area contributed by atoms with Gasteiger partial charge in [0.2, 0.25) is 5.91 Å². The van der Waals surface area contributed by atoms with Crippen LogP contribution in [0.25, 0.3) is 0 Å². The van der Waals surface area contributed by atoms with Gasteiger partial charge in [0, 0.05) is 31.3 Å². The number of hydrogen-bond donors (Lipinski definition) is 1. The minimum Gasteiger partial charge on any atom is -0.468 e. The normalized spacial score (nSPS) is 10.7. The van der Waals surface area contributed by atoms with Crippen molar-refractivity contribution in [2.24, 2.45) is 10.2 Å². The summed E-state index contributed by atoms with van der Waals surface area (Å²) in [7, 11) is 1.31. The molecule has 0 unspecified atom stereocenters. The molecule has 0 spiro atoms. The van der Waals surface area contributed by atoms with Crippen LogP contribution in [0.4, 0.5) is 28.4 Å². The molecule has 0 saturated carbocycles. The zero-order valence-electron chi connectivity index (χ0n) is 16.9. The van der Waals surface area contributed by atoms with Gasteiger partial charge in [-0.2, -0.15) is 0 Å². The number of carbonyl (C=O) groups excluding carboxylic acids is 2. The number of nitro groups is 1. The summed E-state index contributed by atoms with van der Waals surface area (Å²) < 4.78 is 5.01. The van der Waals surface area contributed by atoms with Crippen LogP contribution < -0.4 is 10.2 Å². The zero-order valence-corrected chi connectivity index (χ0v) is 19.2. The number of carbonyl (C=O) groups is 2. The molecule has 12 heteroatoms. The summed E-state index contributed by atoms with van der Waals surface area (Å²) in [5.74, 6) is -0.719. The van der Waals surface area contributed by atoms with E-state index in [-0.39, 0.29) is 28.8 Å². The molecule has 1 amide bonds. The highest BCUT2D eigenvalue weighted by atomic mass is 79.9. The monoisotopic (exact) mass is 511 g/mol. The lowest BCUT2D eigenvalue weighted by Gasteiger charge is -2.22. The Morgan fingerprint density at radius 1 is 1.29 bits per heavy atom. The van der Waals surface area contributed by atoms with Gasteiger partial charge in [-0.1, -0.05) is 11.6 Å². The number of ether oxygens (including phenoxy) is 1. The fraction of sp³-hybridized carbons (Fsp3) is 0.263. The molecule has 0 aliphatic rings. The van der Waals surface area contributed by atoms with E-state index in [0.717, 1.165) is 0 Å². The fourth-order valence-electron chi connectivity index (χ4n) is 2.56. The number of methoxy groups -OCH3 is 1. The second-order valence-electron chi connectivity index (χ2n) is 6.19. The van der Waals surface area contributed by atoms with E-state index < -0.39 is 10.9 Å². The van der Waals surface area contributed by atoms with Gasteiger partial charge in [0.15, 0.2) is 0 Å². The third-order valence-corrected chi connectivity index (χ3v) is 4.95. The molecule has 0 saturated heterocycles. The fourth-order valence-corrected chi connectivity index (χ4v) is 3.45. The van der Waals surface area contributed by atoms with E-state index in [2.05, 4.69) is 31.5 Å². The number of likely N-dealkylation sites (N-methyl/N-ethyl adjacent to an activating group) is 1. The van der Waals surface area contributed by atoms with Crippen molar-refractivity contribution in [3.8, 4) is 0 Å². The van der Waals surface area contributed by atoms with Crippen molar-refractivity contribution in [3.63, 3.8) is 0 Å². The van der Waals surface area contributed by atoms with Gasteiger partial charge in [0.1, 0.15) is 17.9 Å². The topological polar surface area (TPSA) is 126 Å². The number of nitrogens with zero attached hydrogens (tertiary/aromatic N) is 4. The molecular weight excluding hydrogens is 494 g/mol. The standard InChI is InChI=1S/C19H19BrClN5O5/c1-4-25(10-18(28)31-3)12-5-6-16(17(9-12)22-11(2)27)23-24-19-14(20)7-13(26(29)30)8-15(19)21/h5-9H,4,10H2,1-3H3,(H,22,27). The number of nitro benzene ring substituents is 1. The number of non-ortho nitro benzene ring substituents is 1. The molecule has 2 aromatic rings. The number of anilines is 2. The van der Waals surface area contributed by atoms with Crippen molar-refractivity contribution in [2.75, 3.05) is 30.4 Å². The molecule has 0 heterocycles. The smallest absolute Gasteiger partial charge is 0.325 e. The summed E-state index contributed by atoms with van der Waals surface area (Å²) in [5, 5.41) is 21.9. The first-order chi connectivity index (χ1) is 14.7. The quantitative estimate of drug-likeness (QED) is 0.219. The number of esters is 1. The predicted octanol–water partition coefficient (Wildman–Crippen LogP) is 5.38. The van der Waals surface area contributed by atoms with Gasteiger partial charge < -0.3 is 15.0 Å². The van der Waals surface area contributed by atoms with Crippen molar-refractivity contribution in [3.05, 3.63) is 49.9 Å². The minimum absolute atomic E-state index is 0.0396. The van der Waals surface area contributed by atoms with Gasteiger partial charge in [-0.25, -0.2) is 0 Å². The molecule has 0 fully saturated rings. The number of rotatable bonds is 8. The summed E-state index contributed by atoms with van der Waals surface area (Å²) in [4.78, 5) is 35.4. The Hall–Kier alpha value is -3.05. The van der Waals surface area contributed by atoms with Crippen LogP contribution in [0.15, 0.2) is 45.0 Å². The SMILES string of the molecule is CCN(CC(=O)OC)c1ccc(N=Nc2c(Cl)cc([N+](=O)[O-])cc2Br)c(NC(C)=O)c1. The van der Waals surface area contributed by atoms with Gasteiger partial charge in [0.05, 0.1) is 27.2 Å². The van der Waals surface area contributed by atoms with E-state index in [0.29, 0.717) is 28.1 Å². The molecule has 0 aliphatic carbocycles. The Morgan fingerprint density at radius 3 is 2.55 bits per heavy atom. The number of hydrogen-bond acceptors (Lipinski definition) is 8. The molecule has 31 heavy (non-hydrogen) atoms. The van der Waals surface area contributed by atoms with E-state index in [9.17, 15) is 19.7 Å². The Morgan fingerprint density at radius 2 is 2.00 bits per heavy atom. The lowest BCUT2D eigenvalue weighted by molar-refractivity contribution is -0.384. The molecule has 0 aromatic heterocycles. The Kier molecular flexibility index (Phi) is 8.46. The molecule has 10 nitrogen and oxygen atoms in total. The van der Waals surface area contributed by atoms with Gasteiger partial charge in [-0.15, -0.1) is 10.2 Å². The van der Waals surface area contributed by atoms with Crippen molar-refractivity contribution >= 4 is 67.8 Å². The first-order valence-corrected chi connectivity index (χ1v) is 10.1. The molecule has 164 valence electrons. The van der Waals surface area contributed by atoms with Crippen molar-refractivity contribution in [1.29, 1.82) is 0 Å². The number of benzene rings is 2. The van der Waals surface area contributed by atoms with Gasteiger partial charge >= 0.3 is 5.97 Å². The average molecular weight is 513 g/mol. The van der Waals surface area contributed by atoms with Crippen molar-refractivity contribution in [1.82, 2.24) is 0 Å². The lowest BCUT2D eigenvalue weighted by atomic mass is 10.2. The molecule has 1 N–H and O–H groups in total. The van der Waals surface area contributed by atoms with Gasteiger partial charge in [-0.05, 0) is 41.1 Å². The van der Waals surface area contributed by atoms with Crippen LogP contribution in [0.2, 0.25) is 5.02 Å². The second kappa shape index (κ2) is 10.8. The maximum atomic E-state index is 11.7. The van der Waals surface area contributed by atoms with E-state index in [4.69, 9.17) is 16.3 Å². The Bertz CT molecular complexity index is 1020. The maximum Gasteiger partial charge on any atom is 0.325 e. The second-order valence-corrected chi connectivity index (χ2v) is 7.45. The van der Waals surface area contributed by atoms with Crippen LogP contribution >= 0.6 is 27.5 Å². The predicted molar refractivity (Wildman–Crippen MR) is 121 cm³/mol. The van der Waals surface area contributed by atoms with Crippen LogP contribution in [-0.4, -0.2) is 37.0 Å². The summed E-state index contributed by atoms with van der Waals surface area (Å²) in [6.45, 7) is 3.80. The minimum atomic E-state index is -0.570. The number of amides is 1. The van der Waals surface area contributed by atoms with Crippen molar-refractivity contribution in [2.45, 2.75) is 13.8 Å². The number of azo groups is 1. The molecule has 0 radical (unpaired) electrons. The van der Waals surface area contributed by atoms with Crippen molar-refractivity contribution < 1.29 is 19.2 Å². The molecule has 0 atom stereocenters. The van der Waals surface area contributed by atoms with Gasteiger partial charge in [0.25, 0.3) is 5.69 Å². The molecular formula is C19H19BrClN5O5. The van der Waals surface area contributed by atoms with E-state index in [1.165, 1.54) is 26.2 Å². The lowest BCUT2D eigenvalue weighted by Crippen LogP contribution is -2.30. The third kappa shape index (κ3) is 6.46. The highest BCUT2D eigenvalue weighted by molar-refractivity contribution is 9.10. The zero-order chi connectivity index (χ0) is 23.1. The Labute approximate surface area is 191 Å². The summed E-state index contributed by atoms with van der Waals surface area (Å²) in [6.07, 6.45) is 0. The third-order valence-electron chi connectivity index (χ3n) is 4.06. The highest BCUT2D eigenvalue weighted by Gasteiger charge is 2.16. The van der Waals surface area contributed by atoms with E-state index >= 15 is 0 Å². The summed E-state index contributed by atoms with van der Waals surface area (Å²) in [6, 6.07) is 7.44. The summed E-state index contributed by atoms with van der Waals surface area (Å²) in [5.41, 5.74) is 1.38. The van der Waals surface area contributed by atoms with Crippen LogP contribution in [0, 0.1) is 10.1 Å². The summed E-state index contributed by atoms with van der Waals surface area (Å²) >= 11 is 9.31. The van der Waals surface area contributed by atoms with Gasteiger partial charge in [-0.3, -0.25) is 19.7 Å². The average Bonchev–Trinajstić information content (AvgIpc) is 2.71. The van der Waals surface area contributed by atoms with Crippen LogP contribution in [0.1, 0.15) is 13.8 Å². The molecule has 2 rings (SSSR count). The molecule has 2 aromatic carbocycles. The molecule has 0 aliphatic heterocycles. The molecule has 0 bridgehead atoms.